The van der Waals surface area contributed by atoms with Crippen LogP contribution in [0.4, 0.5) is 32.0 Å². The molecule has 8 heteroatoms. The van der Waals surface area contributed by atoms with Crippen LogP contribution in [0.25, 0.3) is 23.3 Å². The largest absolute Gasteiger partial charge is 0.206 e. The maximum atomic E-state index is 15.3. The number of hydrogen-bond donors (Lipinski definition) is 0. The predicted molar refractivity (Wildman–Crippen MR) is 132 cm³/mol. The molecule has 0 spiro atoms. The van der Waals surface area contributed by atoms with Crippen LogP contribution in [-0.4, -0.2) is 5.16 Å². The minimum absolute atomic E-state index is 0.0238. The van der Waals surface area contributed by atoms with Crippen molar-refractivity contribution < 1.29 is 26.3 Å². The highest BCUT2D eigenvalue weighted by Crippen LogP contribution is 2.37. The molecule has 0 bridgehead atoms. The summed E-state index contributed by atoms with van der Waals surface area (Å²) in [5.41, 5.74) is -0.940. The minimum Gasteiger partial charge on any atom is -0.206 e. The highest BCUT2D eigenvalue weighted by molar-refractivity contribution is 7.78. The number of nitrogens with zero attached hydrogens (tertiary/aromatic N) is 1. The Bertz CT molecular complexity index is 1360. The summed E-state index contributed by atoms with van der Waals surface area (Å²) in [6, 6.07) is 4.78. The summed E-state index contributed by atoms with van der Waals surface area (Å²) in [7, 11) is 0. The lowest BCUT2D eigenvalue weighted by Gasteiger charge is -2.26. The van der Waals surface area contributed by atoms with Crippen molar-refractivity contribution >= 4 is 35.2 Å². The van der Waals surface area contributed by atoms with Gasteiger partial charge in [-0.05, 0) is 96.1 Å². The number of rotatable bonds is 6. The minimum atomic E-state index is -1.08. The van der Waals surface area contributed by atoms with Crippen LogP contribution in [0.1, 0.15) is 48.4 Å². The Hall–Kier alpha value is -3.22. The number of aliphatic imine (C=N–C) groups is 1. The van der Waals surface area contributed by atoms with Crippen molar-refractivity contribution in [2.45, 2.75) is 39.0 Å². The molecule has 0 aliphatic heterocycles. The molecule has 3 aromatic carbocycles. The van der Waals surface area contributed by atoms with Gasteiger partial charge in [-0.1, -0.05) is 25.8 Å². The van der Waals surface area contributed by atoms with Crippen LogP contribution < -0.4 is 0 Å². The zero-order valence-electron chi connectivity index (χ0n) is 19.3. The van der Waals surface area contributed by atoms with Gasteiger partial charge in [-0.25, -0.2) is 26.3 Å². The van der Waals surface area contributed by atoms with Gasteiger partial charge < -0.3 is 0 Å². The maximum Gasteiger partial charge on any atom is 0.153 e. The Morgan fingerprint density at radius 2 is 1.58 bits per heavy atom. The molecule has 0 radical (unpaired) electrons. The van der Waals surface area contributed by atoms with E-state index in [1.807, 2.05) is 5.16 Å². The summed E-state index contributed by atoms with van der Waals surface area (Å²) in [5.74, 6) is -5.53. The number of fused-ring (bicyclic) bond motifs is 1. The lowest BCUT2D eigenvalue weighted by molar-refractivity contribution is 0.412. The molecule has 3 aromatic rings. The van der Waals surface area contributed by atoms with Gasteiger partial charge in [0, 0.05) is 5.56 Å². The van der Waals surface area contributed by atoms with Gasteiger partial charge >= 0.3 is 0 Å². The van der Waals surface area contributed by atoms with Gasteiger partial charge in [0.2, 0.25) is 0 Å². The van der Waals surface area contributed by atoms with Gasteiger partial charge in [0.1, 0.15) is 29.0 Å². The highest BCUT2D eigenvalue weighted by atomic mass is 32.1. The highest BCUT2D eigenvalue weighted by Gasteiger charge is 2.26. The summed E-state index contributed by atoms with van der Waals surface area (Å²) in [4.78, 5) is 3.29. The second-order valence-corrected chi connectivity index (χ2v) is 8.99. The van der Waals surface area contributed by atoms with Gasteiger partial charge in [0.05, 0.1) is 10.7 Å². The fourth-order valence-electron chi connectivity index (χ4n) is 4.74. The van der Waals surface area contributed by atoms with Gasteiger partial charge in [0.15, 0.2) is 11.6 Å². The molecular weight excluding hydrogens is 496 g/mol. The monoisotopic (exact) mass is 517 g/mol. The Kier molecular flexibility index (Phi) is 7.76. The summed E-state index contributed by atoms with van der Waals surface area (Å²) in [6.45, 7) is 2.06. The summed E-state index contributed by atoms with van der Waals surface area (Å²) < 4.78 is 88.0. The van der Waals surface area contributed by atoms with E-state index in [2.05, 4.69) is 24.1 Å². The molecule has 1 aliphatic carbocycles. The van der Waals surface area contributed by atoms with E-state index in [0.29, 0.717) is 29.9 Å². The van der Waals surface area contributed by atoms with Crippen LogP contribution in [-0.2, 0) is 12.8 Å². The molecular formula is C28H21F6NS. The summed E-state index contributed by atoms with van der Waals surface area (Å²) in [6.07, 6.45) is 5.83. The fraction of sp³-hybridized carbons (Fsp3) is 0.250. The van der Waals surface area contributed by atoms with E-state index in [1.165, 1.54) is 6.07 Å². The number of thiocarbonyl (C=S) groups is 1. The third kappa shape index (κ3) is 5.15. The van der Waals surface area contributed by atoms with Gasteiger partial charge in [-0.3, -0.25) is 0 Å². The summed E-state index contributed by atoms with van der Waals surface area (Å²) in [5, 5.41) is 1.87. The van der Waals surface area contributed by atoms with E-state index in [-0.39, 0.29) is 11.1 Å². The molecule has 0 N–H and O–H groups in total. The normalized spacial score (nSPS) is 15.1. The molecule has 36 heavy (non-hydrogen) atoms. The third-order valence-corrected chi connectivity index (χ3v) is 6.52. The molecule has 0 saturated heterocycles. The van der Waals surface area contributed by atoms with Crippen LogP contribution in [0, 0.1) is 40.8 Å². The van der Waals surface area contributed by atoms with Crippen molar-refractivity contribution in [3.63, 3.8) is 0 Å². The van der Waals surface area contributed by atoms with E-state index in [1.54, 1.807) is 0 Å². The number of benzene rings is 3. The summed E-state index contributed by atoms with van der Waals surface area (Å²) >= 11 is 4.34. The Balaban J connectivity index is 1.68. The predicted octanol–water partition coefficient (Wildman–Crippen LogP) is 9.00. The quantitative estimate of drug-likeness (QED) is 0.138. The van der Waals surface area contributed by atoms with Crippen LogP contribution in [0.15, 0.2) is 35.3 Å². The second kappa shape index (κ2) is 10.8. The van der Waals surface area contributed by atoms with Crippen LogP contribution in [0.5, 0.6) is 0 Å². The zero-order chi connectivity index (χ0) is 26.0. The molecule has 0 saturated carbocycles. The second-order valence-electron chi connectivity index (χ2n) is 8.81. The van der Waals surface area contributed by atoms with E-state index >= 15 is 4.39 Å². The fourth-order valence-corrected chi connectivity index (χ4v) is 4.83. The Morgan fingerprint density at radius 3 is 2.19 bits per heavy atom. The molecule has 1 unspecified atom stereocenters. The van der Waals surface area contributed by atoms with Crippen LogP contribution >= 0.6 is 12.2 Å². The Morgan fingerprint density at radius 1 is 0.917 bits per heavy atom. The first-order valence-electron chi connectivity index (χ1n) is 11.5. The molecule has 0 aromatic heterocycles. The van der Waals surface area contributed by atoms with Crippen LogP contribution in [0.3, 0.4) is 0 Å². The number of halogens is 6. The maximum absolute atomic E-state index is 15.3. The standard InChI is InChI=1S/C28H21F6NS/c1-2-3-15-4-6-19-17(8-15)11-23(31)26(27(19)34)18-12-21(29)20(22(30)13-18)7-5-16-9-24(32)28(35-14-36)25(33)10-16/h5,7,9-13,15H,2-4,6,8H2,1H3/b7-5+. The average molecular weight is 518 g/mol. The number of isothiocyanates is 1. The van der Waals surface area contributed by atoms with Gasteiger partial charge in [0.25, 0.3) is 0 Å². The third-order valence-electron chi connectivity index (χ3n) is 6.43. The van der Waals surface area contributed by atoms with Gasteiger partial charge in [-0.2, -0.15) is 4.99 Å². The van der Waals surface area contributed by atoms with Crippen molar-refractivity contribution in [1.82, 2.24) is 0 Å². The van der Waals surface area contributed by atoms with Crippen molar-refractivity contribution in [3.05, 3.63) is 87.5 Å². The molecule has 1 atom stereocenters. The number of hydrogen-bond acceptors (Lipinski definition) is 2. The molecule has 4 rings (SSSR count). The lowest BCUT2D eigenvalue weighted by atomic mass is 9.80. The van der Waals surface area contributed by atoms with Crippen molar-refractivity contribution in [1.29, 1.82) is 0 Å². The SMILES string of the molecule is CCCC1CCc2c(cc(F)c(-c3cc(F)c(/C=C/c4cc(F)c(N=C=S)c(F)c4)c(F)c3)c2F)C1. The molecule has 0 amide bonds. The van der Waals surface area contributed by atoms with Crippen molar-refractivity contribution in [2.75, 3.05) is 0 Å². The smallest absolute Gasteiger partial charge is 0.153 e. The van der Waals surface area contributed by atoms with E-state index < -0.39 is 51.7 Å². The average Bonchev–Trinajstić information content (AvgIpc) is 2.81. The molecule has 0 fully saturated rings. The topological polar surface area (TPSA) is 12.4 Å². The Labute approximate surface area is 210 Å². The van der Waals surface area contributed by atoms with E-state index in [9.17, 15) is 22.0 Å². The molecule has 1 aliphatic rings. The molecule has 1 nitrogen and oxygen atoms in total. The molecule has 0 heterocycles. The van der Waals surface area contributed by atoms with E-state index in [4.69, 9.17) is 0 Å². The zero-order valence-corrected chi connectivity index (χ0v) is 20.1. The first kappa shape index (κ1) is 25.9. The van der Waals surface area contributed by atoms with Gasteiger partial charge in [-0.15, -0.1) is 0 Å². The van der Waals surface area contributed by atoms with E-state index in [0.717, 1.165) is 55.7 Å². The molecule has 186 valence electrons. The van der Waals surface area contributed by atoms with Crippen molar-refractivity contribution in [3.8, 4) is 11.1 Å². The first-order valence-corrected chi connectivity index (χ1v) is 11.9. The van der Waals surface area contributed by atoms with Crippen molar-refractivity contribution in [2.24, 2.45) is 10.9 Å². The van der Waals surface area contributed by atoms with Crippen LogP contribution in [0.2, 0.25) is 0 Å². The first-order chi connectivity index (χ1) is 17.2. The lowest BCUT2D eigenvalue weighted by Crippen LogP contribution is -2.16.